The summed E-state index contributed by atoms with van der Waals surface area (Å²) in [4.78, 5) is 27.3. The van der Waals surface area contributed by atoms with E-state index >= 15 is 0 Å². The summed E-state index contributed by atoms with van der Waals surface area (Å²) in [6.45, 7) is 2.61. The molecule has 0 unspecified atom stereocenters. The Balaban J connectivity index is 1.43. The molecule has 5 heteroatoms. The van der Waals surface area contributed by atoms with Crippen molar-refractivity contribution in [2.24, 2.45) is 0 Å². The van der Waals surface area contributed by atoms with Crippen molar-refractivity contribution >= 4 is 39.6 Å². The number of rotatable bonds is 7. The quantitative estimate of drug-likeness (QED) is 0.409. The van der Waals surface area contributed by atoms with Gasteiger partial charge in [0.2, 0.25) is 5.91 Å². The Kier molecular flexibility index (Phi) is 6.46. The number of carbonyl (C=O) groups excluding carboxylic acids is 2. The van der Waals surface area contributed by atoms with Gasteiger partial charge in [0.15, 0.2) is 0 Å². The van der Waals surface area contributed by atoms with Gasteiger partial charge in [0, 0.05) is 34.6 Å². The number of hydrogen-bond donors (Lipinski definition) is 2. The second-order valence-corrected chi connectivity index (χ2v) is 7.39. The van der Waals surface area contributed by atoms with Crippen LogP contribution in [-0.2, 0) is 4.79 Å². The number of anilines is 3. The van der Waals surface area contributed by atoms with Crippen molar-refractivity contribution in [3.05, 3.63) is 103 Å². The Morgan fingerprint density at radius 3 is 2.34 bits per heavy atom. The SMILES string of the molecule is CCN(C(=O)c1cccc(NC(=O)CNc2cccc3ccccc23)c1)c1ccccc1. The van der Waals surface area contributed by atoms with E-state index in [1.807, 2.05) is 79.7 Å². The number of nitrogens with one attached hydrogen (secondary N) is 2. The third kappa shape index (κ3) is 4.78. The van der Waals surface area contributed by atoms with E-state index < -0.39 is 0 Å². The lowest BCUT2D eigenvalue weighted by atomic mass is 10.1. The van der Waals surface area contributed by atoms with E-state index in [1.54, 1.807) is 29.2 Å². The van der Waals surface area contributed by atoms with E-state index in [-0.39, 0.29) is 18.4 Å². The van der Waals surface area contributed by atoms with E-state index in [2.05, 4.69) is 10.6 Å². The van der Waals surface area contributed by atoms with Crippen molar-refractivity contribution in [1.82, 2.24) is 0 Å². The maximum atomic E-state index is 13.1. The summed E-state index contributed by atoms with van der Waals surface area (Å²) in [5.41, 5.74) is 2.86. The number of carbonyl (C=O) groups is 2. The van der Waals surface area contributed by atoms with Gasteiger partial charge in [-0.2, -0.15) is 0 Å². The molecule has 5 nitrogen and oxygen atoms in total. The minimum Gasteiger partial charge on any atom is -0.376 e. The molecule has 0 aromatic heterocycles. The standard InChI is InChI=1S/C27H25N3O2/c1-2-30(23-14-4-3-5-15-23)27(32)21-12-8-13-22(18-21)29-26(31)19-28-25-17-9-11-20-10-6-7-16-24(20)25/h3-18,28H,2,19H2,1H3,(H,29,31). The Morgan fingerprint density at radius 2 is 1.53 bits per heavy atom. The molecule has 0 bridgehead atoms. The first-order valence-electron chi connectivity index (χ1n) is 10.6. The summed E-state index contributed by atoms with van der Waals surface area (Å²) in [5.74, 6) is -0.290. The van der Waals surface area contributed by atoms with Crippen molar-refractivity contribution in [3.63, 3.8) is 0 Å². The third-order valence-corrected chi connectivity index (χ3v) is 5.25. The second kappa shape index (κ2) is 9.79. The molecule has 0 aliphatic heterocycles. The third-order valence-electron chi connectivity index (χ3n) is 5.25. The zero-order valence-corrected chi connectivity index (χ0v) is 17.9. The van der Waals surface area contributed by atoms with Gasteiger partial charge in [0.05, 0.1) is 6.54 Å². The second-order valence-electron chi connectivity index (χ2n) is 7.39. The van der Waals surface area contributed by atoms with E-state index in [4.69, 9.17) is 0 Å². The first-order chi connectivity index (χ1) is 15.7. The van der Waals surface area contributed by atoms with Crippen LogP contribution in [0.1, 0.15) is 17.3 Å². The van der Waals surface area contributed by atoms with Crippen LogP contribution in [0.3, 0.4) is 0 Å². The van der Waals surface area contributed by atoms with E-state index in [0.717, 1.165) is 22.1 Å². The van der Waals surface area contributed by atoms with Crippen LogP contribution in [0.15, 0.2) is 97.1 Å². The maximum Gasteiger partial charge on any atom is 0.258 e. The normalized spacial score (nSPS) is 10.5. The molecule has 2 N–H and O–H groups in total. The number of amides is 2. The first-order valence-corrected chi connectivity index (χ1v) is 10.6. The summed E-state index contributed by atoms with van der Waals surface area (Å²) >= 11 is 0. The van der Waals surface area contributed by atoms with Crippen molar-refractivity contribution < 1.29 is 9.59 Å². The predicted octanol–water partition coefficient (Wildman–Crippen LogP) is 5.56. The number of benzene rings is 4. The molecule has 0 radical (unpaired) electrons. The van der Waals surface area contributed by atoms with Gasteiger partial charge in [-0.05, 0) is 48.7 Å². The molecule has 0 aliphatic carbocycles. The van der Waals surface area contributed by atoms with Gasteiger partial charge in [-0.25, -0.2) is 0 Å². The lowest BCUT2D eigenvalue weighted by Gasteiger charge is -2.21. The van der Waals surface area contributed by atoms with E-state index in [0.29, 0.717) is 17.8 Å². The Morgan fingerprint density at radius 1 is 0.812 bits per heavy atom. The largest absolute Gasteiger partial charge is 0.376 e. The molecule has 0 aliphatic rings. The van der Waals surface area contributed by atoms with Gasteiger partial charge in [-0.15, -0.1) is 0 Å². The van der Waals surface area contributed by atoms with Crippen LogP contribution in [0, 0.1) is 0 Å². The molecule has 0 spiro atoms. The lowest BCUT2D eigenvalue weighted by molar-refractivity contribution is -0.114. The van der Waals surface area contributed by atoms with Crippen molar-refractivity contribution in [2.45, 2.75) is 6.92 Å². The maximum absolute atomic E-state index is 13.1. The predicted molar refractivity (Wildman–Crippen MR) is 131 cm³/mol. The fourth-order valence-corrected chi connectivity index (χ4v) is 3.70. The average molecular weight is 424 g/mol. The average Bonchev–Trinajstić information content (AvgIpc) is 2.84. The summed E-state index contributed by atoms with van der Waals surface area (Å²) in [6.07, 6.45) is 0. The van der Waals surface area contributed by atoms with Gasteiger partial charge in [0.1, 0.15) is 0 Å². The molecule has 0 heterocycles. The zero-order valence-electron chi connectivity index (χ0n) is 17.9. The number of hydrogen-bond acceptors (Lipinski definition) is 3. The molecule has 0 fully saturated rings. The van der Waals surface area contributed by atoms with Gasteiger partial charge in [-0.3, -0.25) is 9.59 Å². The molecule has 0 saturated carbocycles. The molecular weight excluding hydrogens is 398 g/mol. The summed E-state index contributed by atoms with van der Waals surface area (Å²) < 4.78 is 0. The first kappa shape index (κ1) is 21.1. The van der Waals surface area contributed by atoms with Gasteiger partial charge in [0.25, 0.3) is 5.91 Å². The molecule has 2 amide bonds. The van der Waals surface area contributed by atoms with E-state index in [1.165, 1.54) is 0 Å². The molecule has 4 aromatic carbocycles. The highest BCUT2D eigenvalue weighted by atomic mass is 16.2. The molecule has 4 aromatic rings. The molecule has 4 rings (SSSR count). The summed E-state index contributed by atoms with van der Waals surface area (Å²) in [7, 11) is 0. The lowest BCUT2D eigenvalue weighted by Crippen LogP contribution is -2.30. The topological polar surface area (TPSA) is 61.4 Å². The molecule has 160 valence electrons. The smallest absolute Gasteiger partial charge is 0.258 e. The minimum atomic E-state index is -0.182. The van der Waals surface area contributed by atoms with Crippen molar-refractivity contribution in [1.29, 1.82) is 0 Å². The van der Waals surface area contributed by atoms with Crippen molar-refractivity contribution in [3.8, 4) is 0 Å². The Labute approximate surface area is 187 Å². The highest BCUT2D eigenvalue weighted by molar-refractivity contribution is 6.07. The molecule has 0 saturated heterocycles. The monoisotopic (exact) mass is 423 g/mol. The van der Waals surface area contributed by atoms with Crippen molar-refractivity contribution in [2.75, 3.05) is 28.6 Å². The van der Waals surface area contributed by atoms with Gasteiger partial charge in [-0.1, -0.05) is 60.7 Å². The molecular formula is C27H25N3O2. The van der Waals surface area contributed by atoms with Crippen LogP contribution >= 0.6 is 0 Å². The van der Waals surface area contributed by atoms with Crippen LogP contribution in [0.4, 0.5) is 17.1 Å². The van der Waals surface area contributed by atoms with Crippen LogP contribution in [-0.4, -0.2) is 24.9 Å². The van der Waals surface area contributed by atoms with Gasteiger partial charge >= 0.3 is 0 Å². The molecule has 32 heavy (non-hydrogen) atoms. The van der Waals surface area contributed by atoms with Crippen LogP contribution in [0.2, 0.25) is 0 Å². The number of para-hydroxylation sites is 1. The minimum absolute atomic E-state index is 0.108. The molecule has 0 atom stereocenters. The highest BCUT2D eigenvalue weighted by Crippen LogP contribution is 2.23. The fourth-order valence-electron chi connectivity index (χ4n) is 3.70. The van der Waals surface area contributed by atoms with Gasteiger partial charge < -0.3 is 15.5 Å². The highest BCUT2D eigenvalue weighted by Gasteiger charge is 2.16. The number of fused-ring (bicyclic) bond motifs is 1. The summed E-state index contributed by atoms with van der Waals surface area (Å²) in [6, 6.07) is 30.6. The van der Waals surface area contributed by atoms with Crippen LogP contribution in [0.25, 0.3) is 10.8 Å². The van der Waals surface area contributed by atoms with Crippen LogP contribution in [0.5, 0.6) is 0 Å². The fraction of sp³-hybridized carbons (Fsp3) is 0.111. The Bertz CT molecular complexity index is 1230. The van der Waals surface area contributed by atoms with Crippen LogP contribution < -0.4 is 15.5 Å². The Hall–Kier alpha value is -4.12. The summed E-state index contributed by atoms with van der Waals surface area (Å²) in [5, 5.41) is 8.27. The number of nitrogens with zero attached hydrogens (tertiary/aromatic N) is 1. The van der Waals surface area contributed by atoms with E-state index in [9.17, 15) is 9.59 Å². The zero-order chi connectivity index (χ0) is 22.3.